The van der Waals surface area contributed by atoms with E-state index in [-0.39, 0.29) is 17.9 Å². The third-order valence-electron chi connectivity index (χ3n) is 4.17. The Labute approximate surface area is 147 Å². The van der Waals surface area contributed by atoms with Gasteiger partial charge in [0.2, 0.25) is 0 Å². The monoisotopic (exact) mass is 341 g/mol. The third-order valence-corrected chi connectivity index (χ3v) is 4.17. The Morgan fingerprint density at radius 2 is 1.92 bits per heavy atom. The molecule has 0 fully saturated rings. The van der Waals surface area contributed by atoms with Crippen LogP contribution in [0.4, 0.5) is 0 Å². The summed E-state index contributed by atoms with van der Waals surface area (Å²) >= 11 is 0. The highest BCUT2D eigenvalue weighted by molar-refractivity contribution is 6.08. The van der Waals surface area contributed by atoms with Crippen molar-refractivity contribution in [2.45, 2.75) is 19.4 Å². The Morgan fingerprint density at radius 3 is 2.60 bits per heavy atom. The van der Waals surface area contributed by atoms with E-state index in [9.17, 15) is 9.90 Å². The first-order valence-corrected chi connectivity index (χ1v) is 8.28. The van der Waals surface area contributed by atoms with Crippen molar-refractivity contribution < 1.29 is 19.4 Å². The molecule has 0 atom stereocenters. The molecule has 1 aliphatic rings. The average Bonchev–Trinajstić information content (AvgIpc) is 2.55. The molecule has 25 heavy (non-hydrogen) atoms. The zero-order valence-corrected chi connectivity index (χ0v) is 15.0. The number of benzene rings is 2. The van der Waals surface area contributed by atoms with E-state index in [1.165, 1.54) is 0 Å². The largest absolute Gasteiger partial charge is 0.506 e. The van der Waals surface area contributed by atoms with Crippen LogP contribution in [0.3, 0.4) is 0 Å². The Bertz CT molecular complexity index is 852. The minimum Gasteiger partial charge on any atom is -0.506 e. The van der Waals surface area contributed by atoms with Gasteiger partial charge in [0.15, 0.2) is 0 Å². The molecule has 5 heteroatoms. The SMILES string of the molecule is CN(C)CCOC(=O)c1c2c(c3ccccc3c1O)OC(C)(C)C=C2. The maximum atomic E-state index is 12.6. The first kappa shape index (κ1) is 17.3. The summed E-state index contributed by atoms with van der Waals surface area (Å²) in [5.41, 5.74) is 0.225. The standard InChI is InChI=1S/C20H23NO4/c1-20(2)10-9-15-16(19(23)24-12-11-21(3)4)17(22)13-7-5-6-8-14(13)18(15)25-20/h5-10,22H,11-12H2,1-4H3. The highest BCUT2D eigenvalue weighted by Crippen LogP contribution is 2.44. The van der Waals surface area contributed by atoms with Crippen LogP contribution < -0.4 is 4.74 Å². The van der Waals surface area contributed by atoms with Crippen LogP contribution in [0.5, 0.6) is 11.5 Å². The van der Waals surface area contributed by atoms with Gasteiger partial charge in [-0.15, -0.1) is 0 Å². The van der Waals surface area contributed by atoms with Crippen LogP contribution in [0.1, 0.15) is 29.8 Å². The number of aromatic hydroxyl groups is 1. The summed E-state index contributed by atoms with van der Waals surface area (Å²) in [5, 5.41) is 12.1. The molecule has 1 N–H and O–H groups in total. The first-order chi connectivity index (χ1) is 11.8. The van der Waals surface area contributed by atoms with E-state index >= 15 is 0 Å². The van der Waals surface area contributed by atoms with E-state index in [0.717, 1.165) is 5.39 Å². The van der Waals surface area contributed by atoms with Gasteiger partial charge in [-0.05, 0) is 34.0 Å². The molecule has 3 rings (SSSR count). The number of likely N-dealkylation sites (N-methyl/N-ethyl adjacent to an activating group) is 1. The van der Waals surface area contributed by atoms with Crippen LogP contribution in [-0.4, -0.2) is 48.8 Å². The van der Waals surface area contributed by atoms with Gasteiger partial charge in [-0.3, -0.25) is 0 Å². The lowest BCUT2D eigenvalue weighted by Gasteiger charge is -2.30. The van der Waals surface area contributed by atoms with Crippen molar-refractivity contribution in [3.8, 4) is 11.5 Å². The zero-order valence-electron chi connectivity index (χ0n) is 15.0. The van der Waals surface area contributed by atoms with Gasteiger partial charge in [0, 0.05) is 22.9 Å². The molecule has 0 unspecified atom stereocenters. The number of phenols is 1. The van der Waals surface area contributed by atoms with Crippen molar-refractivity contribution in [1.29, 1.82) is 0 Å². The van der Waals surface area contributed by atoms with Gasteiger partial charge in [0.1, 0.15) is 29.3 Å². The fourth-order valence-corrected chi connectivity index (χ4v) is 2.86. The first-order valence-electron chi connectivity index (χ1n) is 8.28. The van der Waals surface area contributed by atoms with Gasteiger partial charge in [-0.25, -0.2) is 4.79 Å². The summed E-state index contributed by atoms with van der Waals surface area (Å²) in [5.74, 6) is -0.0214. The van der Waals surface area contributed by atoms with E-state index in [0.29, 0.717) is 23.2 Å². The average molecular weight is 341 g/mol. The second kappa shape index (κ2) is 6.41. The summed E-state index contributed by atoms with van der Waals surface area (Å²) in [4.78, 5) is 14.6. The molecule has 0 bridgehead atoms. The fraction of sp³-hybridized carbons (Fsp3) is 0.350. The maximum Gasteiger partial charge on any atom is 0.342 e. The third kappa shape index (κ3) is 3.33. The topological polar surface area (TPSA) is 59.0 Å². The van der Waals surface area contributed by atoms with E-state index in [1.54, 1.807) is 6.07 Å². The van der Waals surface area contributed by atoms with Crippen LogP contribution in [0.15, 0.2) is 30.3 Å². The van der Waals surface area contributed by atoms with Gasteiger partial charge in [0.25, 0.3) is 0 Å². The molecular weight excluding hydrogens is 318 g/mol. The van der Waals surface area contributed by atoms with Crippen LogP contribution >= 0.6 is 0 Å². The van der Waals surface area contributed by atoms with Gasteiger partial charge in [0.05, 0.1) is 0 Å². The van der Waals surface area contributed by atoms with Gasteiger partial charge >= 0.3 is 5.97 Å². The van der Waals surface area contributed by atoms with Crippen molar-refractivity contribution in [3.63, 3.8) is 0 Å². The van der Waals surface area contributed by atoms with Crippen molar-refractivity contribution in [3.05, 3.63) is 41.5 Å². The predicted molar refractivity (Wildman–Crippen MR) is 98.2 cm³/mol. The molecule has 1 heterocycles. The number of carbonyl (C=O) groups excluding carboxylic acids is 1. The Morgan fingerprint density at radius 1 is 1.24 bits per heavy atom. The molecule has 0 aliphatic carbocycles. The van der Waals surface area contributed by atoms with Gasteiger partial charge < -0.3 is 19.5 Å². The van der Waals surface area contributed by atoms with Crippen LogP contribution in [0, 0.1) is 0 Å². The van der Waals surface area contributed by atoms with E-state index in [4.69, 9.17) is 9.47 Å². The number of rotatable bonds is 4. The molecule has 0 saturated carbocycles. The van der Waals surface area contributed by atoms with Crippen molar-refractivity contribution in [2.75, 3.05) is 27.2 Å². The lowest BCUT2D eigenvalue weighted by atomic mass is 9.93. The van der Waals surface area contributed by atoms with E-state index in [2.05, 4.69) is 0 Å². The van der Waals surface area contributed by atoms with Crippen molar-refractivity contribution >= 4 is 22.8 Å². The minimum absolute atomic E-state index is 0.0721. The van der Waals surface area contributed by atoms with Crippen LogP contribution in [0.2, 0.25) is 0 Å². The van der Waals surface area contributed by atoms with Crippen LogP contribution in [-0.2, 0) is 4.74 Å². The summed E-state index contributed by atoms with van der Waals surface area (Å²) in [6.45, 7) is 4.76. The molecule has 0 aromatic heterocycles. The molecular formula is C20H23NO4. The second-order valence-electron chi connectivity index (χ2n) is 6.99. The molecule has 0 saturated heterocycles. The number of nitrogens with zero attached hydrogens (tertiary/aromatic N) is 1. The van der Waals surface area contributed by atoms with E-state index < -0.39 is 11.6 Å². The second-order valence-corrected chi connectivity index (χ2v) is 6.99. The minimum atomic E-state index is -0.547. The Kier molecular flexibility index (Phi) is 4.43. The molecule has 5 nitrogen and oxygen atoms in total. The lowest BCUT2D eigenvalue weighted by Crippen LogP contribution is -2.28. The molecule has 1 aliphatic heterocycles. The number of phenolic OH excluding ortho intramolecular Hbond substituents is 1. The zero-order chi connectivity index (χ0) is 18.2. The lowest BCUT2D eigenvalue weighted by molar-refractivity contribution is 0.0477. The summed E-state index contributed by atoms with van der Waals surface area (Å²) < 4.78 is 11.5. The number of hydrogen-bond donors (Lipinski definition) is 1. The highest BCUT2D eigenvalue weighted by atomic mass is 16.5. The Balaban J connectivity index is 2.12. The number of ether oxygens (including phenoxy) is 2. The van der Waals surface area contributed by atoms with Gasteiger partial charge in [-0.2, -0.15) is 0 Å². The number of fused-ring (bicyclic) bond motifs is 3. The molecule has 0 radical (unpaired) electrons. The Hall–Kier alpha value is -2.53. The van der Waals surface area contributed by atoms with Gasteiger partial charge in [-0.1, -0.05) is 30.3 Å². The fourth-order valence-electron chi connectivity index (χ4n) is 2.86. The summed E-state index contributed by atoms with van der Waals surface area (Å²) in [7, 11) is 3.81. The van der Waals surface area contributed by atoms with Crippen LogP contribution in [0.25, 0.3) is 16.8 Å². The molecule has 2 aromatic carbocycles. The quantitative estimate of drug-likeness (QED) is 0.863. The smallest absolute Gasteiger partial charge is 0.342 e. The molecule has 0 spiro atoms. The number of hydrogen-bond acceptors (Lipinski definition) is 5. The number of esters is 1. The maximum absolute atomic E-state index is 12.6. The van der Waals surface area contributed by atoms with Crippen molar-refractivity contribution in [2.24, 2.45) is 0 Å². The normalized spacial score (nSPS) is 15.1. The van der Waals surface area contributed by atoms with Crippen molar-refractivity contribution in [1.82, 2.24) is 4.90 Å². The number of carbonyl (C=O) groups is 1. The predicted octanol–water partition coefficient (Wildman–Crippen LogP) is 3.45. The molecule has 0 amide bonds. The molecule has 132 valence electrons. The summed E-state index contributed by atoms with van der Waals surface area (Å²) in [6.07, 6.45) is 3.70. The van der Waals surface area contributed by atoms with E-state index in [1.807, 2.05) is 63.2 Å². The summed E-state index contributed by atoms with van der Waals surface area (Å²) in [6, 6.07) is 7.35. The molecule has 2 aromatic rings. The highest BCUT2D eigenvalue weighted by Gasteiger charge is 2.30.